The zero-order valence-electron chi connectivity index (χ0n) is 12.8. The van der Waals surface area contributed by atoms with Gasteiger partial charge in [0.05, 0.1) is 11.1 Å². The van der Waals surface area contributed by atoms with E-state index in [-0.39, 0.29) is 5.91 Å². The summed E-state index contributed by atoms with van der Waals surface area (Å²) in [5, 5.41) is 9.55. The van der Waals surface area contributed by atoms with Crippen molar-refractivity contribution in [3.05, 3.63) is 60.2 Å². The van der Waals surface area contributed by atoms with E-state index in [0.717, 1.165) is 42.4 Å². The molecule has 1 aromatic heterocycles. The molecule has 0 saturated carbocycles. The zero-order valence-corrected chi connectivity index (χ0v) is 12.8. The molecule has 1 fully saturated rings. The van der Waals surface area contributed by atoms with Crippen LogP contribution in [0.5, 0.6) is 0 Å². The number of aromatic nitrogens is 2. The maximum atomic E-state index is 13.1. The Morgan fingerprint density at radius 1 is 0.870 bits per heavy atom. The minimum Gasteiger partial charge on any atom is -0.339 e. The maximum absolute atomic E-state index is 13.1. The fourth-order valence-electron chi connectivity index (χ4n) is 3.15. The maximum Gasteiger partial charge on any atom is 0.256 e. The van der Waals surface area contributed by atoms with Crippen molar-refractivity contribution in [3.8, 4) is 11.3 Å². The van der Waals surface area contributed by atoms with Crippen molar-refractivity contribution in [1.29, 1.82) is 0 Å². The Balaban J connectivity index is 1.95. The molecule has 0 unspecified atom stereocenters. The predicted molar refractivity (Wildman–Crippen MR) is 90.1 cm³/mol. The molecule has 0 atom stereocenters. The second-order valence-electron chi connectivity index (χ2n) is 5.81. The van der Waals surface area contributed by atoms with Crippen LogP contribution in [0.25, 0.3) is 22.2 Å². The highest BCUT2D eigenvalue weighted by Gasteiger charge is 2.25. The van der Waals surface area contributed by atoms with Gasteiger partial charge in [-0.2, -0.15) is 0 Å². The van der Waals surface area contributed by atoms with Crippen LogP contribution in [0.3, 0.4) is 0 Å². The number of carbonyl (C=O) groups excluding carboxylic acids is 1. The molecule has 4 rings (SSSR count). The summed E-state index contributed by atoms with van der Waals surface area (Å²) in [5.41, 5.74) is 3.02. The number of hydrogen-bond acceptors (Lipinski definition) is 3. The topological polar surface area (TPSA) is 46.1 Å². The molecule has 2 heterocycles. The highest BCUT2D eigenvalue weighted by molar-refractivity contribution is 6.10. The highest BCUT2D eigenvalue weighted by atomic mass is 16.2. The summed E-state index contributed by atoms with van der Waals surface area (Å²) in [6.07, 6.45) is 2.14. The van der Waals surface area contributed by atoms with Crippen LogP contribution in [-0.2, 0) is 0 Å². The van der Waals surface area contributed by atoms with E-state index < -0.39 is 0 Å². The minimum atomic E-state index is 0.0625. The van der Waals surface area contributed by atoms with Crippen molar-refractivity contribution < 1.29 is 4.79 Å². The van der Waals surface area contributed by atoms with E-state index in [1.54, 1.807) is 0 Å². The summed E-state index contributed by atoms with van der Waals surface area (Å²) in [6.45, 7) is 1.65. The first kappa shape index (κ1) is 13.9. The van der Waals surface area contributed by atoms with Gasteiger partial charge >= 0.3 is 0 Å². The van der Waals surface area contributed by atoms with E-state index in [1.165, 1.54) is 0 Å². The molecule has 0 spiro atoms. The van der Waals surface area contributed by atoms with Gasteiger partial charge < -0.3 is 4.90 Å². The lowest BCUT2D eigenvalue weighted by Crippen LogP contribution is -2.28. The lowest BCUT2D eigenvalue weighted by atomic mass is 10.0. The number of hydrogen-bond donors (Lipinski definition) is 0. The van der Waals surface area contributed by atoms with Crippen LogP contribution in [0.15, 0.2) is 54.6 Å². The molecule has 1 aliphatic heterocycles. The highest BCUT2D eigenvalue weighted by Crippen LogP contribution is 2.29. The molecule has 0 aliphatic carbocycles. The van der Waals surface area contributed by atoms with Crippen LogP contribution in [0, 0.1) is 0 Å². The summed E-state index contributed by atoms with van der Waals surface area (Å²) < 4.78 is 0. The second kappa shape index (κ2) is 5.80. The number of fused-ring (bicyclic) bond motifs is 1. The molecule has 1 saturated heterocycles. The molecule has 23 heavy (non-hydrogen) atoms. The molecular formula is C19H17N3O. The van der Waals surface area contributed by atoms with Crippen molar-refractivity contribution >= 4 is 16.8 Å². The monoisotopic (exact) mass is 303 g/mol. The molecule has 114 valence electrons. The fraction of sp³-hybridized carbons (Fsp3) is 0.211. The summed E-state index contributed by atoms with van der Waals surface area (Å²) >= 11 is 0. The Labute approximate surface area is 134 Å². The lowest BCUT2D eigenvalue weighted by molar-refractivity contribution is 0.0795. The van der Waals surface area contributed by atoms with Gasteiger partial charge in [0.25, 0.3) is 5.91 Å². The second-order valence-corrected chi connectivity index (χ2v) is 5.81. The van der Waals surface area contributed by atoms with Gasteiger partial charge in [-0.15, -0.1) is 10.2 Å². The summed E-state index contributed by atoms with van der Waals surface area (Å²) in [5.74, 6) is 0.0625. The summed E-state index contributed by atoms with van der Waals surface area (Å²) in [6, 6.07) is 17.5. The van der Waals surface area contributed by atoms with E-state index in [4.69, 9.17) is 0 Å². The van der Waals surface area contributed by atoms with Crippen LogP contribution in [-0.4, -0.2) is 34.1 Å². The summed E-state index contributed by atoms with van der Waals surface area (Å²) in [4.78, 5) is 15.0. The third-order valence-corrected chi connectivity index (χ3v) is 4.32. The minimum absolute atomic E-state index is 0.0625. The Morgan fingerprint density at radius 3 is 2.35 bits per heavy atom. The summed E-state index contributed by atoms with van der Waals surface area (Å²) in [7, 11) is 0. The van der Waals surface area contributed by atoms with Crippen LogP contribution < -0.4 is 0 Å². The average Bonchev–Trinajstić information content (AvgIpc) is 3.15. The number of likely N-dealkylation sites (tertiary alicyclic amines) is 1. The number of nitrogens with zero attached hydrogens (tertiary/aromatic N) is 3. The third kappa shape index (κ3) is 2.46. The van der Waals surface area contributed by atoms with Gasteiger partial charge in [-0.25, -0.2) is 0 Å². The van der Waals surface area contributed by atoms with Crippen LogP contribution in [0.1, 0.15) is 23.2 Å². The van der Waals surface area contributed by atoms with Crippen molar-refractivity contribution in [2.75, 3.05) is 13.1 Å². The van der Waals surface area contributed by atoms with E-state index in [9.17, 15) is 4.79 Å². The quantitative estimate of drug-likeness (QED) is 0.727. The number of rotatable bonds is 2. The molecule has 2 aromatic carbocycles. The van der Waals surface area contributed by atoms with Crippen LogP contribution in [0.4, 0.5) is 0 Å². The smallest absolute Gasteiger partial charge is 0.256 e. The van der Waals surface area contributed by atoms with Gasteiger partial charge in [-0.1, -0.05) is 48.5 Å². The van der Waals surface area contributed by atoms with Gasteiger partial charge in [-0.3, -0.25) is 4.79 Å². The Bertz CT molecular complexity index is 855. The van der Waals surface area contributed by atoms with E-state index >= 15 is 0 Å². The lowest BCUT2D eigenvalue weighted by Gasteiger charge is -2.18. The largest absolute Gasteiger partial charge is 0.339 e. The molecule has 4 heteroatoms. The predicted octanol–water partition coefficient (Wildman–Crippen LogP) is 3.53. The fourth-order valence-corrected chi connectivity index (χ4v) is 3.15. The molecule has 1 amide bonds. The zero-order chi connectivity index (χ0) is 15.6. The van der Waals surface area contributed by atoms with E-state index in [0.29, 0.717) is 11.3 Å². The Hall–Kier alpha value is -2.75. The first-order valence-corrected chi connectivity index (χ1v) is 7.95. The van der Waals surface area contributed by atoms with Crippen LogP contribution >= 0.6 is 0 Å². The van der Waals surface area contributed by atoms with Crippen molar-refractivity contribution in [1.82, 2.24) is 15.1 Å². The molecule has 0 radical (unpaired) electrons. The normalized spacial score (nSPS) is 14.3. The Kier molecular flexibility index (Phi) is 3.50. The molecule has 3 aromatic rings. The van der Waals surface area contributed by atoms with Gasteiger partial charge in [0.2, 0.25) is 0 Å². The molecule has 0 N–H and O–H groups in total. The number of benzene rings is 2. The van der Waals surface area contributed by atoms with E-state index in [2.05, 4.69) is 10.2 Å². The van der Waals surface area contributed by atoms with Gasteiger partial charge in [0, 0.05) is 24.0 Å². The van der Waals surface area contributed by atoms with Gasteiger partial charge in [-0.05, 0) is 18.9 Å². The van der Waals surface area contributed by atoms with E-state index in [1.807, 2.05) is 59.5 Å². The molecule has 0 bridgehead atoms. The number of amides is 1. The van der Waals surface area contributed by atoms with Crippen molar-refractivity contribution in [2.45, 2.75) is 12.8 Å². The van der Waals surface area contributed by atoms with Crippen molar-refractivity contribution in [2.24, 2.45) is 0 Å². The van der Waals surface area contributed by atoms with Crippen LogP contribution in [0.2, 0.25) is 0 Å². The molecular weight excluding hydrogens is 286 g/mol. The third-order valence-electron chi connectivity index (χ3n) is 4.32. The Morgan fingerprint density at radius 2 is 1.57 bits per heavy atom. The SMILES string of the molecule is O=C(c1c(-c2ccccc2)nnc2ccccc12)N1CCCC1. The number of carbonyl (C=O) groups is 1. The van der Waals surface area contributed by atoms with Crippen molar-refractivity contribution in [3.63, 3.8) is 0 Å². The standard InChI is InChI=1S/C19H17N3O/c23-19(22-12-6-7-13-22)17-15-10-4-5-11-16(15)20-21-18(17)14-8-2-1-3-9-14/h1-5,8-11H,6-7,12-13H2. The van der Waals surface area contributed by atoms with Gasteiger partial charge in [0.15, 0.2) is 0 Å². The molecule has 1 aliphatic rings. The molecule has 4 nitrogen and oxygen atoms in total. The van der Waals surface area contributed by atoms with Gasteiger partial charge in [0.1, 0.15) is 5.69 Å². The first-order valence-electron chi connectivity index (χ1n) is 7.95. The average molecular weight is 303 g/mol. The first-order chi connectivity index (χ1) is 11.3.